The molecule has 0 fully saturated rings. The summed E-state index contributed by atoms with van der Waals surface area (Å²) in [5.41, 5.74) is 0.598. The molecule has 0 aliphatic heterocycles. The molecule has 6 heteroatoms. The van der Waals surface area contributed by atoms with Crippen molar-refractivity contribution in [3.05, 3.63) is 48.6 Å². The fraction of sp³-hybridized carbons (Fsp3) is 0.182. The summed E-state index contributed by atoms with van der Waals surface area (Å²) in [5.74, 6) is -1.07. The van der Waals surface area contributed by atoms with Gasteiger partial charge in [0.05, 0.1) is 11.8 Å². The molecule has 0 saturated carbocycles. The van der Waals surface area contributed by atoms with Crippen molar-refractivity contribution in [3.63, 3.8) is 0 Å². The first kappa shape index (κ1) is 13.4. The fourth-order valence-electron chi connectivity index (χ4n) is 1.35. The van der Waals surface area contributed by atoms with Crippen LogP contribution in [0.5, 0.6) is 0 Å². The highest BCUT2D eigenvalue weighted by molar-refractivity contribution is 7.85. The number of rotatable bonds is 5. The minimum atomic E-state index is -4.17. The van der Waals surface area contributed by atoms with Crippen LogP contribution in [0.2, 0.25) is 0 Å². The van der Waals surface area contributed by atoms with E-state index >= 15 is 0 Å². The maximum absolute atomic E-state index is 11.2. The lowest BCUT2D eigenvalue weighted by molar-refractivity contribution is -0.117. The molecule has 0 aromatic heterocycles. The Morgan fingerprint density at radius 3 is 2.47 bits per heavy atom. The summed E-state index contributed by atoms with van der Waals surface area (Å²) in [5, 5.41) is 2.44. The highest BCUT2D eigenvalue weighted by Gasteiger charge is 2.19. The fourth-order valence-corrected chi connectivity index (χ4v) is 2.04. The second-order valence-corrected chi connectivity index (χ2v) is 4.92. The summed E-state index contributed by atoms with van der Waals surface area (Å²) in [6.45, 7) is 3.28. The van der Waals surface area contributed by atoms with Gasteiger partial charge in [0.25, 0.3) is 10.1 Å². The summed E-state index contributed by atoms with van der Waals surface area (Å²) in [7, 11) is -4.17. The molecule has 1 amide bonds. The molecule has 2 N–H and O–H groups in total. The number of amides is 1. The molecule has 5 nitrogen and oxygen atoms in total. The highest BCUT2D eigenvalue weighted by Crippen LogP contribution is 2.14. The third kappa shape index (κ3) is 4.80. The Bertz CT molecular complexity index is 495. The number of benzene rings is 1. The van der Waals surface area contributed by atoms with Crippen LogP contribution in [-0.2, 0) is 14.9 Å². The molecule has 0 aliphatic rings. The topological polar surface area (TPSA) is 83.5 Å². The van der Waals surface area contributed by atoms with Crippen LogP contribution in [0.3, 0.4) is 0 Å². The van der Waals surface area contributed by atoms with Crippen LogP contribution in [0.25, 0.3) is 0 Å². The second-order valence-electron chi connectivity index (χ2n) is 3.42. The Hall–Kier alpha value is -1.66. The van der Waals surface area contributed by atoms with E-state index in [-0.39, 0.29) is 0 Å². The van der Waals surface area contributed by atoms with Gasteiger partial charge in [-0.25, -0.2) is 0 Å². The molecule has 17 heavy (non-hydrogen) atoms. The summed E-state index contributed by atoms with van der Waals surface area (Å²) >= 11 is 0. The van der Waals surface area contributed by atoms with Gasteiger partial charge in [-0.1, -0.05) is 36.9 Å². The largest absolute Gasteiger partial charge is 0.345 e. The zero-order chi connectivity index (χ0) is 12.9. The van der Waals surface area contributed by atoms with E-state index in [0.717, 1.165) is 6.08 Å². The van der Waals surface area contributed by atoms with Crippen molar-refractivity contribution < 1.29 is 17.8 Å². The molecule has 1 atom stereocenters. The van der Waals surface area contributed by atoms with E-state index < -0.39 is 27.8 Å². The predicted octanol–water partition coefficient (Wildman–Crippen LogP) is 0.918. The van der Waals surface area contributed by atoms with Crippen molar-refractivity contribution in [3.8, 4) is 0 Å². The van der Waals surface area contributed by atoms with Gasteiger partial charge in [-0.2, -0.15) is 8.42 Å². The molecule has 0 spiro atoms. The van der Waals surface area contributed by atoms with Gasteiger partial charge in [-0.15, -0.1) is 0 Å². The standard InChI is InChI=1S/C11H13NO4S/c1-2-11(13)12-10(8-17(14,15)16)9-6-4-3-5-7-9/h2-7,10H,1,8H2,(H,12,13)(H,14,15,16). The van der Waals surface area contributed by atoms with Crippen molar-refractivity contribution >= 4 is 16.0 Å². The Kier molecular flexibility index (Phi) is 4.42. The second kappa shape index (κ2) is 5.60. The molecule has 1 aromatic rings. The summed E-state index contributed by atoms with van der Waals surface area (Å²) in [4.78, 5) is 11.2. The summed E-state index contributed by atoms with van der Waals surface area (Å²) < 4.78 is 30.6. The molecule has 92 valence electrons. The molecule has 0 saturated heterocycles. The van der Waals surface area contributed by atoms with Gasteiger partial charge >= 0.3 is 0 Å². The minimum absolute atomic E-state index is 0.498. The quantitative estimate of drug-likeness (QED) is 0.605. The number of nitrogens with one attached hydrogen (secondary N) is 1. The first-order valence-electron chi connectivity index (χ1n) is 4.85. The maximum Gasteiger partial charge on any atom is 0.267 e. The summed E-state index contributed by atoms with van der Waals surface area (Å²) in [6, 6.07) is 7.73. The smallest absolute Gasteiger partial charge is 0.267 e. The van der Waals surface area contributed by atoms with Crippen LogP contribution < -0.4 is 5.32 Å². The number of carbonyl (C=O) groups excluding carboxylic acids is 1. The van der Waals surface area contributed by atoms with E-state index in [9.17, 15) is 13.2 Å². The molecule has 1 unspecified atom stereocenters. The van der Waals surface area contributed by atoms with E-state index in [4.69, 9.17) is 4.55 Å². The zero-order valence-corrected chi connectivity index (χ0v) is 9.85. The van der Waals surface area contributed by atoms with Gasteiger partial charge in [0.1, 0.15) is 0 Å². The SMILES string of the molecule is C=CC(=O)NC(CS(=O)(=O)O)c1ccccc1. The van der Waals surface area contributed by atoms with Gasteiger partial charge in [0, 0.05) is 0 Å². The van der Waals surface area contributed by atoms with Crippen molar-refractivity contribution in [2.45, 2.75) is 6.04 Å². The van der Waals surface area contributed by atoms with E-state index in [2.05, 4.69) is 11.9 Å². The number of carbonyl (C=O) groups is 1. The lowest BCUT2D eigenvalue weighted by Crippen LogP contribution is -2.31. The van der Waals surface area contributed by atoms with Crippen LogP contribution in [0.4, 0.5) is 0 Å². The maximum atomic E-state index is 11.2. The lowest BCUT2D eigenvalue weighted by Gasteiger charge is -2.16. The van der Waals surface area contributed by atoms with Crippen LogP contribution in [0, 0.1) is 0 Å². The van der Waals surface area contributed by atoms with Gasteiger partial charge in [-0.3, -0.25) is 9.35 Å². The minimum Gasteiger partial charge on any atom is -0.345 e. The molecular formula is C11H13NO4S. The third-order valence-corrected chi connectivity index (χ3v) is 2.84. The van der Waals surface area contributed by atoms with Gasteiger partial charge in [0.15, 0.2) is 0 Å². The van der Waals surface area contributed by atoms with E-state index in [1.807, 2.05) is 0 Å². The number of hydrogen-bond acceptors (Lipinski definition) is 3. The van der Waals surface area contributed by atoms with Gasteiger partial charge in [0.2, 0.25) is 5.91 Å². The average Bonchev–Trinajstić information content (AvgIpc) is 2.27. The Morgan fingerprint density at radius 1 is 1.41 bits per heavy atom. The first-order chi connectivity index (χ1) is 7.92. The first-order valence-corrected chi connectivity index (χ1v) is 6.46. The van der Waals surface area contributed by atoms with Crippen molar-refractivity contribution in [2.75, 3.05) is 5.75 Å². The highest BCUT2D eigenvalue weighted by atomic mass is 32.2. The monoisotopic (exact) mass is 255 g/mol. The van der Waals surface area contributed by atoms with Gasteiger partial charge in [-0.05, 0) is 11.6 Å². The van der Waals surface area contributed by atoms with Crippen LogP contribution >= 0.6 is 0 Å². The zero-order valence-electron chi connectivity index (χ0n) is 9.04. The normalized spacial score (nSPS) is 12.8. The molecule has 0 aliphatic carbocycles. The Morgan fingerprint density at radius 2 is 2.00 bits per heavy atom. The molecule has 0 heterocycles. The predicted molar refractivity (Wildman–Crippen MR) is 63.9 cm³/mol. The molecule has 0 radical (unpaired) electrons. The molecule has 1 rings (SSSR count). The Labute approximate surface area is 99.9 Å². The Balaban J connectivity index is 2.94. The van der Waals surface area contributed by atoms with Crippen LogP contribution in [0.15, 0.2) is 43.0 Å². The van der Waals surface area contributed by atoms with E-state index in [1.54, 1.807) is 30.3 Å². The van der Waals surface area contributed by atoms with Crippen LogP contribution in [-0.4, -0.2) is 24.6 Å². The van der Waals surface area contributed by atoms with E-state index in [0.29, 0.717) is 5.56 Å². The molecule has 0 bridgehead atoms. The number of hydrogen-bond donors (Lipinski definition) is 2. The summed E-state index contributed by atoms with van der Waals surface area (Å²) in [6.07, 6.45) is 1.04. The van der Waals surface area contributed by atoms with Gasteiger partial charge < -0.3 is 5.32 Å². The lowest BCUT2D eigenvalue weighted by atomic mass is 10.1. The molecule has 1 aromatic carbocycles. The van der Waals surface area contributed by atoms with Crippen molar-refractivity contribution in [1.29, 1.82) is 0 Å². The van der Waals surface area contributed by atoms with Crippen molar-refractivity contribution in [2.24, 2.45) is 0 Å². The third-order valence-electron chi connectivity index (χ3n) is 2.08. The van der Waals surface area contributed by atoms with E-state index in [1.165, 1.54) is 0 Å². The molecular weight excluding hydrogens is 242 g/mol. The average molecular weight is 255 g/mol. The van der Waals surface area contributed by atoms with Crippen LogP contribution in [0.1, 0.15) is 11.6 Å². The van der Waals surface area contributed by atoms with Crippen molar-refractivity contribution in [1.82, 2.24) is 5.32 Å².